The average Bonchev–Trinajstić information content (AvgIpc) is 2.46. The Kier molecular flexibility index (Phi) is 3.59. The molecule has 0 atom stereocenters. The molecular weight excluding hydrogens is 218 g/mol. The minimum absolute atomic E-state index is 0.963. The van der Waals surface area contributed by atoms with E-state index >= 15 is 0 Å². The van der Waals surface area contributed by atoms with Gasteiger partial charge in [0.05, 0.1) is 5.52 Å². The fraction of sp³-hybridized carbons (Fsp3) is 0.471. The van der Waals surface area contributed by atoms with Gasteiger partial charge in [0, 0.05) is 11.6 Å². The summed E-state index contributed by atoms with van der Waals surface area (Å²) in [7, 11) is 0. The Bertz CT molecular complexity index is 512. The van der Waals surface area contributed by atoms with Crippen molar-refractivity contribution in [3.05, 3.63) is 42.1 Å². The van der Waals surface area contributed by atoms with Gasteiger partial charge in [-0.2, -0.15) is 0 Å². The maximum atomic E-state index is 4.54. The third-order valence-corrected chi connectivity index (χ3v) is 4.21. The van der Waals surface area contributed by atoms with Crippen LogP contribution in [-0.2, 0) is 6.42 Å². The summed E-state index contributed by atoms with van der Waals surface area (Å²) >= 11 is 0. The highest BCUT2D eigenvalue weighted by Crippen LogP contribution is 2.27. The van der Waals surface area contributed by atoms with Crippen LogP contribution in [0, 0.1) is 5.92 Å². The Morgan fingerprint density at radius 3 is 2.78 bits per heavy atom. The second-order valence-electron chi connectivity index (χ2n) is 5.58. The van der Waals surface area contributed by atoms with Crippen LogP contribution in [0.3, 0.4) is 0 Å². The molecular formula is C17H21N. The largest absolute Gasteiger partial charge is 0.256 e. The van der Waals surface area contributed by atoms with Gasteiger partial charge in [0.2, 0.25) is 0 Å². The van der Waals surface area contributed by atoms with Crippen molar-refractivity contribution in [2.45, 2.75) is 44.9 Å². The van der Waals surface area contributed by atoms with E-state index in [0.29, 0.717) is 0 Å². The van der Waals surface area contributed by atoms with Gasteiger partial charge in [0.1, 0.15) is 0 Å². The molecule has 1 aliphatic rings. The van der Waals surface area contributed by atoms with Crippen LogP contribution in [0.1, 0.15) is 44.1 Å². The molecule has 0 aliphatic heterocycles. The van der Waals surface area contributed by atoms with E-state index < -0.39 is 0 Å². The lowest BCUT2D eigenvalue weighted by Crippen LogP contribution is -2.07. The molecule has 1 fully saturated rings. The number of aryl methyl sites for hydroxylation is 1. The zero-order chi connectivity index (χ0) is 12.2. The van der Waals surface area contributed by atoms with Gasteiger partial charge in [-0.1, -0.05) is 50.3 Å². The topological polar surface area (TPSA) is 12.9 Å². The summed E-state index contributed by atoms with van der Waals surface area (Å²) in [5.41, 5.74) is 2.51. The molecule has 18 heavy (non-hydrogen) atoms. The summed E-state index contributed by atoms with van der Waals surface area (Å²) < 4.78 is 0. The van der Waals surface area contributed by atoms with E-state index in [1.54, 1.807) is 0 Å². The molecule has 1 aromatic carbocycles. The first-order valence-electron chi connectivity index (χ1n) is 7.25. The van der Waals surface area contributed by atoms with Crippen LogP contribution in [0.4, 0.5) is 0 Å². The van der Waals surface area contributed by atoms with Crippen LogP contribution in [-0.4, -0.2) is 4.98 Å². The van der Waals surface area contributed by atoms with Crippen LogP contribution >= 0.6 is 0 Å². The molecule has 0 saturated heterocycles. The van der Waals surface area contributed by atoms with E-state index in [1.807, 2.05) is 0 Å². The summed E-state index contributed by atoms with van der Waals surface area (Å²) in [6, 6.07) is 10.7. The molecule has 1 heterocycles. The molecule has 1 aromatic heterocycles. The van der Waals surface area contributed by atoms with Crippen molar-refractivity contribution in [3.8, 4) is 0 Å². The van der Waals surface area contributed by atoms with Crippen LogP contribution < -0.4 is 0 Å². The van der Waals surface area contributed by atoms with Gasteiger partial charge >= 0.3 is 0 Å². The van der Waals surface area contributed by atoms with Crippen LogP contribution in [0.15, 0.2) is 36.5 Å². The summed E-state index contributed by atoms with van der Waals surface area (Å²) in [6.45, 7) is 0. The van der Waals surface area contributed by atoms with Crippen molar-refractivity contribution in [2.24, 2.45) is 5.92 Å². The predicted octanol–water partition coefficient (Wildman–Crippen LogP) is 4.75. The monoisotopic (exact) mass is 239 g/mol. The lowest BCUT2D eigenvalue weighted by atomic mass is 9.85. The van der Waals surface area contributed by atoms with E-state index in [2.05, 4.69) is 41.5 Å². The van der Waals surface area contributed by atoms with Crippen molar-refractivity contribution in [1.29, 1.82) is 0 Å². The molecule has 0 bridgehead atoms. The van der Waals surface area contributed by atoms with Gasteiger partial charge in [-0.05, 0) is 36.5 Å². The van der Waals surface area contributed by atoms with Gasteiger partial charge in [-0.25, -0.2) is 0 Å². The number of hydrogen-bond donors (Lipinski definition) is 0. The number of nitrogens with zero attached hydrogens (tertiary/aromatic N) is 1. The Morgan fingerprint density at radius 2 is 1.89 bits per heavy atom. The van der Waals surface area contributed by atoms with E-state index in [9.17, 15) is 0 Å². The molecule has 0 unspecified atom stereocenters. The standard InChI is InChI=1S/C17H21N/c1-2-6-14(7-3-1)10-11-15-12-16-8-4-5-9-17(16)18-13-15/h4-5,8-9,12-14H,1-3,6-7,10-11H2. The number of fused-ring (bicyclic) bond motifs is 1. The lowest BCUT2D eigenvalue weighted by molar-refractivity contribution is 0.339. The smallest absolute Gasteiger partial charge is 0.0702 e. The molecule has 1 heteroatoms. The molecule has 0 N–H and O–H groups in total. The van der Waals surface area contributed by atoms with Gasteiger partial charge in [0.25, 0.3) is 0 Å². The maximum absolute atomic E-state index is 4.54. The lowest BCUT2D eigenvalue weighted by Gasteiger charge is -2.21. The SMILES string of the molecule is c1ccc2ncc(CCC3CCCCC3)cc2c1. The highest BCUT2D eigenvalue weighted by molar-refractivity contribution is 5.78. The Labute approximate surface area is 109 Å². The first-order chi connectivity index (χ1) is 8.92. The van der Waals surface area contributed by atoms with Gasteiger partial charge in [0.15, 0.2) is 0 Å². The van der Waals surface area contributed by atoms with Crippen LogP contribution in [0.5, 0.6) is 0 Å². The van der Waals surface area contributed by atoms with Crippen molar-refractivity contribution in [2.75, 3.05) is 0 Å². The van der Waals surface area contributed by atoms with Crippen molar-refractivity contribution < 1.29 is 0 Å². The molecule has 1 aliphatic carbocycles. The third kappa shape index (κ3) is 2.72. The zero-order valence-corrected chi connectivity index (χ0v) is 10.9. The number of pyridine rings is 1. The van der Waals surface area contributed by atoms with Gasteiger partial charge < -0.3 is 0 Å². The fourth-order valence-corrected chi connectivity index (χ4v) is 3.10. The molecule has 1 nitrogen and oxygen atoms in total. The first kappa shape index (κ1) is 11.7. The Balaban J connectivity index is 1.66. The van der Waals surface area contributed by atoms with Gasteiger partial charge in [-0.3, -0.25) is 4.98 Å². The number of rotatable bonds is 3. The van der Waals surface area contributed by atoms with Crippen molar-refractivity contribution >= 4 is 10.9 Å². The normalized spacial score (nSPS) is 17.1. The highest BCUT2D eigenvalue weighted by atomic mass is 14.6. The molecule has 1 saturated carbocycles. The second-order valence-corrected chi connectivity index (χ2v) is 5.58. The summed E-state index contributed by atoms with van der Waals surface area (Å²) in [5.74, 6) is 0.963. The highest BCUT2D eigenvalue weighted by Gasteiger charge is 2.13. The molecule has 3 rings (SSSR count). The number of aromatic nitrogens is 1. The molecule has 0 spiro atoms. The maximum Gasteiger partial charge on any atom is 0.0702 e. The van der Waals surface area contributed by atoms with E-state index in [-0.39, 0.29) is 0 Å². The molecule has 0 amide bonds. The number of hydrogen-bond acceptors (Lipinski definition) is 1. The van der Waals surface area contributed by atoms with Crippen LogP contribution in [0.25, 0.3) is 10.9 Å². The Hall–Kier alpha value is -1.37. The minimum Gasteiger partial charge on any atom is -0.256 e. The number of para-hydroxylation sites is 1. The van der Waals surface area contributed by atoms with E-state index in [0.717, 1.165) is 11.4 Å². The molecule has 0 radical (unpaired) electrons. The average molecular weight is 239 g/mol. The zero-order valence-electron chi connectivity index (χ0n) is 10.9. The fourth-order valence-electron chi connectivity index (χ4n) is 3.10. The number of benzene rings is 1. The minimum atomic E-state index is 0.963. The van der Waals surface area contributed by atoms with Crippen LogP contribution in [0.2, 0.25) is 0 Å². The third-order valence-electron chi connectivity index (χ3n) is 4.21. The van der Waals surface area contributed by atoms with Crippen molar-refractivity contribution in [1.82, 2.24) is 4.98 Å². The first-order valence-corrected chi connectivity index (χ1v) is 7.25. The van der Waals surface area contributed by atoms with Gasteiger partial charge in [-0.15, -0.1) is 0 Å². The predicted molar refractivity (Wildman–Crippen MR) is 76.6 cm³/mol. The summed E-state index contributed by atoms with van der Waals surface area (Å²) in [6.07, 6.45) is 11.8. The molecule has 2 aromatic rings. The molecule has 94 valence electrons. The van der Waals surface area contributed by atoms with E-state index in [1.165, 1.54) is 55.9 Å². The summed E-state index contributed by atoms with van der Waals surface area (Å²) in [5, 5.41) is 1.28. The Morgan fingerprint density at radius 1 is 1.06 bits per heavy atom. The summed E-state index contributed by atoms with van der Waals surface area (Å²) in [4.78, 5) is 4.54. The van der Waals surface area contributed by atoms with E-state index in [4.69, 9.17) is 0 Å². The van der Waals surface area contributed by atoms with Crippen molar-refractivity contribution in [3.63, 3.8) is 0 Å². The quantitative estimate of drug-likeness (QED) is 0.753. The second kappa shape index (κ2) is 5.51.